The van der Waals surface area contributed by atoms with E-state index in [1.54, 1.807) is 4.90 Å². The van der Waals surface area contributed by atoms with Gasteiger partial charge in [-0.15, -0.1) is 0 Å². The Hall–Kier alpha value is -3.01. The second-order valence-electron chi connectivity index (χ2n) is 6.02. The number of hydrogen-bond acceptors (Lipinski definition) is 7. The number of hydrogen-bond donors (Lipinski definition) is 1. The van der Waals surface area contributed by atoms with E-state index in [2.05, 4.69) is 5.32 Å². The zero-order chi connectivity index (χ0) is 20.0. The van der Waals surface area contributed by atoms with Crippen molar-refractivity contribution < 1.29 is 28.8 Å². The molecule has 1 aromatic carbocycles. The van der Waals surface area contributed by atoms with Crippen molar-refractivity contribution in [2.24, 2.45) is 0 Å². The summed E-state index contributed by atoms with van der Waals surface area (Å²) >= 11 is 0. The molecule has 10 heteroatoms. The molecule has 0 radical (unpaired) electrons. The topological polar surface area (TPSA) is 128 Å². The van der Waals surface area contributed by atoms with E-state index in [9.17, 15) is 24.5 Å². The maximum Gasteiger partial charge on any atom is 0.329 e. The number of nitro groups is 1. The summed E-state index contributed by atoms with van der Waals surface area (Å²) in [7, 11) is 0. The molecule has 0 spiro atoms. The average molecular weight is 379 g/mol. The van der Waals surface area contributed by atoms with Crippen LogP contribution >= 0.6 is 0 Å². The summed E-state index contributed by atoms with van der Waals surface area (Å²) in [5.74, 6) is -1.76. The molecule has 27 heavy (non-hydrogen) atoms. The molecule has 1 saturated heterocycles. The smallest absolute Gasteiger partial charge is 0.329 e. The third kappa shape index (κ3) is 5.48. The van der Waals surface area contributed by atoms with E-state index in [0.29, 0.717) is 26.3 Å². The summed E-state index contributed by atoms with van der Waals surface area (Å²) in [6, 6.07) is 4.10. The van der Waals surface area contributed by atoms with Gasteiger partial charge in [0.05, 0.1) is 18.1 Å². The average Bonchev–Trinajstić information content (AvgIpc) is 2.67. The van der Waals surface area contributed by atoms with Crippen LogP contribution in [0.2, 0.25) is 0 Å². The van der Waals surface area contributed by atoms with Crippen LogP contribution in [-0.4, -0.2) is 66.1 Å². The van der Waals surface area contributed by atoms with Crippen LogP contribution in [0.4, 0.5) is 5.69 Å². The van der Waals surface area contributed by atoms with Gasteiger partial charge in [0.15, 0.2) is 6.10 Å². The van der Waals surface area contributed by atoms with Crippen LogP contribution in [0, 0.1) is 10.1 Å². The van der Waals surface area contributed by atoms with Gasteiger partial charge in [0, 0.05) is 30.8 Å². The van der Waals surface area contributed by atoms with E-state index in [4.69, 9.17) is 9.47 Å². The van der Waals surface area contributed by atoms with E-state index in [1.807, 2.05) is 0 Å². The standard InChI is InChI=1S/C17H21N3O7/c1-11(18-15(21)13-4-3-5-14(10-13)20(24)25)17(23)27-12(2)16(22)19-6-8-26-9-7-19/h3-5,10-12H,6-9H2,1-2H3,(H,18,21)/t11-,12+/m1/s1. The first-order valence-electron chi connectivity index (χ1n) is 8.42. The summed E-state index contributed by atoms with van der Waals surface area (Å²) in [5, 5.41) is 13.2. The van der Waals surface area contributed by atoms with Crippen molar-refractivity contribution in [3.05, 3.63) is 39.9 Å². The van der Waals surface area contributed by atoms with Gasteiger partial charge >= 0.3 is 5.97 Å². The molecule has 1 heterocycles. The van der Waals surface area contributed by atoms with Crippen LogP contribution < -0.4 is 5.32 Å². The Morgan fingerprint density at radius 1 is 1.26 bits per heavy atom. The Labute approximate surface area is 155 Å². The molecule has 0 saturated carbocycles. The highest BCUT2D eigenvalue weighted by atomic mass is 16.6. The Balaban J connectivity index is 1.90. The lowest BCUT2D eigenvalue weighted by Gasteiger charge is -2.29. The zero-order valence-electron chi connectivity index (χ0n) is 15.0. The van der Waals surface area contributed by atoms with Crippen molar-refractivity contribution in [1.29, 1.82) is 0 Å². The maximum atomic E-state index is 12.2. The number of benzene rings is 1. The summed E-state index contributed by atoms with van der Waals surface area (Å²) < 4.78 is 10.3. The first-order chi connectivity index (χ1) is 12.8. The number of esters is 1. The van der Waals surface area contributed by atoms with Gasteiger partial charge in [-0.25, -0.2) is 4.79 Å². The molecule has 1 N–H and O–H groups in total. The predicted molar refractivity (Wildman–Crippen MR) is 93.0 cm³/mol. The van der Waals surface area contributed by atoms with E-state index in [1.165, 1.54) is 32.0 Å². The Kier molecular flexibility index (Phi) is 6.83. The Morgan fingerprint density at radius 3 is 2.56 bits per heavy atom. The van der Waals surface area contributed by atoms with Crippen LogP contribution in [0.15, 0.2) is 24.3 Å². The number of rotatable bonds is 6. The maximum absolute atomic E-state index is 12.2. The van der Waals surface area contributed by atoms with Gasteiger partial charge in [0.25, 0.3) is 17.5 Å². The SMILES string of the molecule is C[C@H](OC(=O)[C@@H](C)NC(=O)c1cccc([N+](=O)[O-])c1)C(=O)N1CCOCC1. The number of non-ortho nitro benzene ring substituents is 1. The number of morpholine rings is 1. The molecular weight excluding hydrogens is 358 g/mol. The lowest BCUT2D eigenvalue weighted by Crippen LogP contribution is -2.47. The van der Waals surface area contributed by atoms with Gasteiger partial charge in [-0.1, -0.05) is 6.07 Å². The van der Waals surface area contributed by atoms with Gasteiger partial charge in [0.2, 0.25) is 0 Å². The number of carbonyl (C=O) groups excluding carboxylic acids is 3. The summed E-state index contributed by atoms with van der Waals surface area (Å²) in [6.45, 7) is 4.60. The van der Waals surface area contributed by atoms with Crippen LogP contribution in [0.25, 0.3) is 0 Å². The molecule has 0 aromatic heterocycles. The minimum absolute atomic E-state index is 0.0429. The zero-order valence-corrected chi connectivity index (χ0v) is 15.0. The predicted octanol–water partition coefficient (Wildman–Crippen LogP) is 0.504. The molecule has 1 aromatic rings. The number of amides is 2. The van der Waals surface area contributed by atoms with Crippen LogP contribution in [0.5, 0.6) is 0 Å². The number of ether oxygens (including phenoxy) is 2. The molecule has 0 bridgehead atoms. The number of nitro benzene ring substituents is 1. The van der Waals surface area contributed by atoms with E-state index in [0.717, 1.165) is 6.07 Å². The van der Waals surface area contributed by atoms with Crippen LogP contribution in [0.1, 0.15) is 24.2 Å². The minimum atomic E-state index is -1.03. The van der Waals surface area contributed by atoms with Crippen molar-refractivity contribution in [2.45, 2.75) is 26.0 Å². The van der Waals surface area contributed by atoms with Crippen molar-refractivity contribution in [3.8, 4) is 0 Å². The third-order valence-corrected chi connectivity index (χ3v) is 3.98. The minimum Gasteiger partial charge on any atom is -0.451 e. The van der Waals surface area contributed by atoms with Gasteiger partial charge in [-0.2, -0.15) is 0 Å². The van der Waals surface area contributed by atoms with Gasteiger partial charge in [-0.05, 0) is 19.9 Å². The molecule has 1 fully saturated rings. The highest BCUT2D eigenvalue weighted by molar-refractivity contribution is 5.97. The molecule has 1 aliphatic rings. The molecule has 0 unspecified atom stereocenters. The first-order valence-corrected chi connectivity index (χ1v) is 8.42. The highest BCUT2D eigenvalue weighted by Crippen LogP contribution is 2.13. The Bertz CT molecular complexity index is 731. The number of nitrogens with one attached hydrogen (secondary N) is 1. The number of carbonyl (C=O) groups is 3. The molecule has 2 amide bonds. The van der Waals surface area contributed by atoms with Gasteiger partial charge in [-0.3, -0.25) is 19.7 Å². The summed E-state index contributed by atoms with van der Waals surface area (Å²) in [4.78, 5) is 48.3. The molecule has 0 aliphatic carbocycles. The largest absolute Gasteiger partial charge is 0.451 e. The lowest BCUT2D eigenvalue weighted by molar-refractivity contribution is -0.384. The van der Waals surface area contributed by atoms with Crippen LogP contribution in [-0.2, 0) is 19.1 Å². The molecule has 2 atom stereocenters. The van der Waals surface area contributed by atoms with Crippen molar-refractivity contribution in [2.75, 3.05) is 26.3 Å². The molecule has 10 nitrogen and oxygen atoms in total. The molecule has 146 valence electrons. The number of nitrogens with zero attached hydrogens (tertiary/aromatic N) is 2. The van der Waals surface area contributed by atoms with Gasteiger partial charge < -0.3 is 19.7 Å². The molecular formula is C17H21N3O7. The van der Waals surface area contributed by atoms with Crippen molar-refractivity contribution in [1.82, 2.24) is 10.2 Å². The quantitative estimate of drug-likeness (QED) is 0.433. The molecule has 1 aliphatic heterocycles. The van der Waals surface area contributed by atoms with Gasteiger partial charge in [0.1, 0.15) is 6.04 Å². The third-order valence-electron chi connectivity index (χ3n) is 3.98. The fourth-order valence-corrected chi connectivity index (χ4v) is 2.47. The normalized spacial score (nSPS) is 16.1. The first kappa shape index (κ1) is 20.3. The summed E-state index contributed by atoms with van der Waals surface area (Å²) in [5.41, 5.74) is -0.191. The highest BCUT2D eigenvalue weighted by Gasteiger charge is 2.27. The Morgan fingerprint density at radius 2 is 1.93 bits per heavy atom. The summed E-state index contributed by atoms with van der Waals surface area (Å²) in [6.07, 6.45) is -0.993. The molecule has 2 rings (SSSR count). The van der Waals surface area contributed by atoms with Crippen molar-refractivity contribution in [3.63, 3.8) is 0 Å². The van der Waals surface area contributed by atoms with E-state index >= 15 is 0 Å². The second-order valence-corrected chi connectivity index (χ2v) is 6.02. The monoisotopic (exact) mass is 379 g/mol. The fraction of sp³-hybridized carbons (Fsp3) is 0.471. The van der Waals surface area contributed by atoms with E-state index < -0.39 is 28.9 Å². The van der Waals surface area contributed by atoms with Crippen molar-refractivity contribution >= 4 is 23.5 Å². The fourth-order valence-electron chi connectivity index (χ4n) is 2.47. The second kappa shape index (κ2) is 9.08. The lowest BCUT2D eigenvalue weighted by atomic mass is 10.2. The van der Waals surface area contributed by atoms with Crippen LogP contribution in [0.3, 0.4) is 0 Å². The van der Waals surface area contributed by atoms with E-state index in [-0.39, 0.29) is 17.2 Å².